The first-order valence-corrected chi connectivity index (χ1v) is 12.9. The van der Waals surface area contributed by atoms with Crippen LogP contribution in [0.3, 0.4) is 0 Å². The first-order chi connectivity index (χ1) is 14.4. The van der Waals surface area contributed by atoms with Crippen LogP contribution in [0.25, 0.3) is 0 Å². The van der Waals surface area contributed by atoms with Crippen molar-refractivity contribution in [3.63, 3.8) is 0 Å². The summed E-state index contributed by atoms with van der Waals surface area (Å²) in [4.78, 5) is 3.64. The molecule has 0 aliphatic carbocycles. The molecule has 30 heavy (non-hydrogen) atoms. The Bertz CT molecular complexity index is 945. The highest BCUT2D eigenvalue weighted by Gasteiger charge is 2.23. The number of nitrogens with zero attached hydrogens (tertiary/aromatic N) is 1. The minimum atomic E-state index is -3.75. The van der Waals surface area contributed by atoms with E-state index in [1.54, 1.807) is 18.7 Å². The van der Waals surface area contributed by atoms with Gasteiger partial charge < -0.3 is 4.74 Å². The second-order valence-electron chi connectivity index (χ2n) is 7.41. The lowest BCUT2D eigenvalue weighted by Crippen LogP contribution is -2.38. The quantitative estimate of drug-likeness (QED) is 0.580. The zero-order chi connectivity index (χ0) is 21.6. The molecule has 3 rings (SSSR count). The predicted octanol–water partition coefficient (Wildman–Crippen LogP) is 4.14. The van der Waals surface area contributed by atoms with Gasteiger partial charge in [-0.25, -0.2) is 17.5 Å². The van der Waals surface area contributed by atoms with Gasteiger partial charge in [-0.1, -0.05) is 18.2 Å². The fourth-order valence-corrected chi connectivity index (χ4v) is 5.39. The smallest absolute Gasteiger partial charge is 0.240 e. The zero-order valence-corrected chi connectivity index (χ0v) is 19.1. The summed E-state index contributed by atoms with van der Waals surface area (Å²) in [5.41, 5.74) is 1.33. The first-order valence-electron chi connectivity index (χ1n) is 10.2. The summed E-state index contributed by atoms with van der Waals surface area (Å²) in [7, 11) is -3.75. The van der Waals surface area contributed by atoms with E-state index in [9.17, 15) is 12.8 Å². The van der Waals surface area contributed by atoms with Crippen molar-refractivity contribution in [1.82, 2.24) is 9.62 Å². The van der Waals surface area contributed by atoms with Crippen LogP contribution in [0, 0.1) is 11.7 Å². The third-order valence-corrected chi connectivity index (χ3v) is 7.63. The van der Waals surface area contributed by atoms with Crippen molar-refractivity contribution in [2.24, 2.45) is 5.92 Å². The van der Waals surface area contributed by atoms with Gasteiger partial charge in [0.05, 0.1) is 11.5 Å². The number of ether oxygens (including phenoxy) is 1. The highest BCUT2D eigenvalue weighted by atomic mass is 32.2. The molecule has 1 N–H and O–H groups in total. The molecule has 1 heterocycles. The number of benzene rings is 2. The molecule has 8 heteroatoms. The van der Waals surface area contributed by atoms with Crippen LogP contribution in [-0.4, -0.2) is 45.8 Å². The van der Waals surface area contributed by atoms with Crippen LogP contribution in [0.15, 0.2) is 52.3 Å². The maximum absolute atomic E-state index is 14.0. The van der Waals surface area contributed by atoms with Crippen molar-refractivity contribution in [3.05, 3.63) is 53.8 Å². The molecule has 0 bridgehead atoms. The van der Waals surface area contributed by atoms with Crippen LogP contribution in [0.4, 0.5) is 4.39 Å². The number of halogens is 1. The number of rotatable bonds is 9. The van der Waals surface area contributed by atoms with Gasteiger partial charge in [-0.15, -0.1) is 11.8 Å². The van der Waals surface area contributed by atoms with Crippen molar-refractivity contribution in [2.75, 3.05) is 32.5 Å². The van der Waals surface area contributed by atoms with Gasteiger partial charge in [-0.3, -0.25) is 4.90 Å². The molecule has 1 saturated heterocycles. The molecule has 0 unspecified atom stereocenters. The third kappa shape index (κ3) is 5.97. The fourth-order valence-electron chi connectivity index (χ4n) is 3.66. The average Bonchev–Trinajstić information content (AvgIpc) is 2.75. The summed E-state index contributed by atoms with van der Waals surface area (Å²) in [6.45, 7) is 5.23. The Morgan fingerprint density at radius 3 is 2.60 bits per heavy atom. The number of hydrogen-bond donors (Lipinski definition) is 1. The molecule has 0 radical (unpaired) electrons. The molecule has 0 aromatic heterocycles. The van der Waals surface area contributed by atoms with E-state index in [0.29, 0.717) is 13.2 Å². The lowest BCUT2D eigenvalue weighted by Gasteiger charge is -2.32. The van der Waals surface area contributed by atoms with Gasteiger partial charge in [0.2, 0.25) is 10.0 Å². The molecular formula is C22H29FN2O3S2. The second kappa shape index (κ2) is 10.6. The topological polar surface area (TPSA) is 58.6 Å². The van der Waals surface area contributed by atoms with E-state index >= 15 is 0 Å². The van der Waals surface area contributed by atoms with Crippen LogP contribution in [0.1, 0.15) is 25.3 Å². The Morgan fingerprint density at radius 2 is 1.93 bits per heavy atom. The molecule has 164 valence electrons. The van der Waals surface area contributed by atoms with Gasteiger partial charge in [-0.05, 0) is 74.9 Å². The Hall–Kier alpha value is -1.61. The largest absolute Gasteiger partial charge is 0.491 e. The van der Waals surface area contributed by atoms with Crippen LogP contribution in [-0.2, 0) is 16.6 Å². The van der Waals surface area contributed by atoms with Crippen molar-refractivity contribution in [3.8, 4) is 5.75 Å². The number of thioether (sulfide) groups is 1. The van der Waals surface area contributed by atoms with Gasteiger partial charge in [0.1, 0.15) is 0 Å². The monoisotopic (exact) mass is 452 g/mol. The van der Waals surface area contributed by atoms with Gasteiger partial charge >= 0.3 is 0 Å². The SMILES string of the molecule is CCOc1ccc(S(=O)(=O)NCC2CCN(Cc3ccccc3SC)CC2)cc1F. The molecule has 2 aromatic rings. The Labute approximate surface area is 183 Å². The highest BCUT2D eigenvalue weighted by molar-refractivity contribution is 7.98. The summed E-state index contributed by atoms with van der Waals surface area (Å²) in [6, 6.07) is 12.2. The summed E-state index contributed by atoms with van der Waals surface area (Å²) < 4.78 is 46.9. The van der Waals surface area contributed by atoms with E-state index in [-0.39, 0.29) is 16.6 Å². The summed E-state index contributed by atoms with van der Waals surface area (Å²) >= 11 is 1.76. The summed E-state index contributed by atoms with van der Waals surface area (Å²) in [5.74, 6) is -0.329. The summed E-state index contributed by atoms with van der Waals surface area (Å²) in [5, 5.41) is 0. The third-order valence-electron chi connectivity index (χ3n) is 5.37. The van der Waals surface area contributed by atoms with E-state index in [4.69, 9.17) is 4.74 Å². The van der Waals surface area contributed by atoms with Crippen molar-refractivity contribution >= 4 is 21.8 Å². The minimum Gasteiger partial charge on any atom is -0.491 e. The van der Waals surface area contributed by atoms with Crippen LogP contribution >= 0.6 is 11.8 Å². The molecule has 0 spiro atoms. The molecule has 1 aliphatic rings. The van der Waals surface area contributed by atoms with E-state index in [0.717, 1.165) is 38.5 Å². The van der Waals surface area contributed by atoms with E-state index in [1.165, 1.54) is 22.6 Å². The van der Waals surface area contributed by atoms with E-state index in [2.05, 4.69) is 40.1 Å². The number of nitrogens with one attached hydrogen (secondary N) is 1. The molecule has 2 aromatic carbocycles. The standard InChI is InChI=1S/C22H29FN2O3S2/c1-3-28-21-9-8-19(14-20(21)23)30(26,27)24-15-17-10-12-25(13-11-17)16-18-6-4-5-7-22(18)29-2/h4-9,14,17,24H,3,10-13,15-16H2,1-2H3. The molecule has 1 aliphatic heterocycles. The number of likely N-dealkylation sites (tertiary alicyclic amines) is 1. The normalized spacial score (nSPS) is 16.0. The Morgan fingerprint density at radius 1 is 1.20 bits per heavy atom. The van der Waals surface area contributed by atoms with Crippen LogP contribution in [0.5, 0.6) is 5.75 Å². The summed E-state index contributed by atoms with van der Waals surface area (Å²) in [6.07, 6.45) is 3.95. The molecule has 0 saturated carbocycles. The van der Waals surface area contributed by atoms with E-state index in [1.807, 2.05) is 0 Å². The fraction of sp³-hybridized carbons (Fsp3) is 0.455. The Kier molecular flexibility index (Phi) is 8.16. The minimum absolute atomic E-state index is 0.0619. The lowest BCUT2D eigenvalue weighted by atomic mass is 9.97. The van der Waals surface area contributed by atoms with Gasteiger partial charge in [0, 0.05) is 18.0 Å². The molecule has 5 nitrogen and oxygen atoms in total. The van der Waals surface area contributed by atoms with Gasteiger partial charge in [0.15, 0.2) is 11.6 Å². The molecule has 0 atom stereocenters. The molecule has 1 fully saturated rings. The molecule has 0 amide bonds. The Balaban J connectivity index is 1.51. The highest BCUT2D eigenvalue weighted by Crippen LogP contribution is 2.25. The average molecular weight is 453 g/mol. The maximum atomic E-state index is 14.0. The van der Waals surface area contributed by atoms with Gasteiger partial charge in [-0.2, -0.15) is 0 Å². The predicted molar refractivity (Wildman–Crippen MR) is 119 cm³/mol. The van der Waals surface area contributed by atoms with Crippen molar-refractivity contribution in [2.45, 2.75) is 36.1 Å². The number of piperidine rings is 1. The van der Waals surface area contributed by atoms with E-state index < -0.39 is 15.8 Å². The number of sulfonamides is 1. The van der Waals surface area contributed by atoms with Crippen LogP contribution in [0.2, 0.25) is 0 Å². The zero-order valence-electron chi connectivity index (χ0n) is 17.4. The maximum Gasteiger partial charge on any atom is 0.240 e. The van der Waals surface area contributed by atoms with Gasteiger partial charge in [0.25, 0.3) is 0 Å². The van der Waals surface area contributed by atoms with Crippen molar-refractivity contribution in [1.29, 1.82) is 0 Å². The van der Waals surface area contributed by atoms with Crippen molar-refractivity contribution < 1.29 is 17.5 Å². The lowest BCUT2D eigenvalue weighted by molar-refractivity contribution is 0.177. The second-order valence-corrected chi connectivity index (χ2v) is 10.0. The van der Waals surface area contributed by atoms with Crippen LogP contribution < -0.4 is 9.46 Å². The number of hydrogen-bond acceptors (Lipinski definition) is 5. The first kappa shape index (κ1) is 23.1. The molecular weight excluding hydrogens is 423 g/mol.